The van der Waals surface area contributed by atoms with E-state index in [1.165, 1.54) is 0 Å². The fourth-order valence-corrected chi connectivity index (χ4v) is 5.41. The summed E-state index contributed by atoms with van der Waals surface area (Å²) in [7, 11) is 0. The molecular weight excluding hydrogens is 660 g/mol. The molecule has 6 rings (SSSR count). The molecule has 8 N–H and O–H groups in total. The molecule has 0 aliphatic heterocycles. The summed E-state index contributed by atoms with van der Waals surface area (Å²) in [6, 6.07) is 23.8. The maximum atomic E-state index is 6.00. The minimum absolute atomic E-state index is 0.481. The second kappa shape index (κ2) is 18.1. The topological polar surface area (TPSA) is 202 Å². The SMILES string of the molecule is NCCCOc1ccc(-n2cc(-c3ccc4ccc(-c5cn(-c6ccc(OCCCN)c(OCCCN)c6)nn5)cc4c3)nn2)cc1OCCCN. The van der Waals surface area contributed by atoms with E-state index in [-0.39, 0.29) is 0 Å². The molecule has 14 nitrogen and oxygen atoms in total. The zero-order chi connectivity index (χ0) is 36.1. The number of rotatable bonds is 20. The third-order valence-electron chi connectivity index (χ3n) is 8.23. The van der Waals surface area contributed by atoms with Crippen LogP contribution in [0.25, 0.3) is 44.7 Å². The molecule has 2 heterocycles. The number of hydrogen-bond donors (Lipinski definition) is 4. The van der Waals surface area contributed by atoms with Gasteiger partial charge in [0.1, 0.15) is 11.4 Å². The maximum absolute atomic E-state index is 6.00. The number of nitrogens with zero attached hydrogens (tertiary/aromatic N) is 6. The molecule has 0 aliphatic carbocycles. The van der Waals surface area contributed by atoms with Crippen LogP contribution in [0.15, 0.2) is 85.2 Å². The number of benzene rings is 4. The number of nitrogens with two attached hydrogens (primary N) is 4. The molecule has 14 heteroatoms. The van der Waals surface area contributed by atoms with Gasteiger partial charge in [-0.05, 0) is 99.0 Å². The average Bonchev–Trinajstić information content (AvgIpc) is 3.87. The lowest BCUT2D eigenvalue weighted by molar-refractivity contribution is 0.265. The fraction of sp³-hybridized carbons (Fsp3) is 0.316. The summed E-state index contributed by atoms with van der Waals surface area (Å²) in [6.45, 7) is 4.15. The van der Waals surface area contributed by atoms with Crippen LogP contribution in [-0.2, 0) is 0 Å². The van der Waals surface area contributed by atoms with Crippen molar-refractivity contribution in [2.75, 3.05) is 52.6 Å². The predicted molar refractivity (Wildman–Crippen MR) is 201 cm³/mol. The number of hydrogen-bond acceptors (Lipinski definition) is 12. The van der Waals surface area contributed by atoms with Crippen LogP contribution in [0.4, 0.5) is 0 Å². The van der Waals surface area contributed by atoms with Crippen molar-refractivity contribution in [3.05, 3.63) is 85.2 Å². The Bertz CT molecular complexity index is 1910. The third-order valence-corrected chi connectivity index (χ3v) is 8.23. The summed E-state index contributed by atoms with van der Waals surface area (Å²) in [6.07, 6.45) is 6.75. The molecule has 4 aromatic carbocycles. The van der Waals surface area contributed by atoms with Gasteiger partial charge in [-0.15, -0.1) is 10.2 Å². The Balaban J connectivity index is 1.22. The molecule has 2 aromatic heterocycles. The van der Waals surface area contributed by atoms with Crippen molar-refractivity contribution in [2.45, 2.75) is 25.7 Å². The molecule has 0 spiro atoms. The number of aromatic nitrogens is 6. The normalized spacial score (nSPS) is 11.2. The van der Waals surface area contributed by atoms with Gasteiger partial charge in [0.05, 0.1) is 50.2 Å². The highest BCUT2D eigenvalue weighted by atomic mass is 16.5. The van der Waals surface area contributed by atoms with Crippen LogP contribution in [0.2, 0.25) is 0 Å². The molecule has 0 unspecified atom stereocenters. The average molecular weight is 707 g/mol. The van der Waals surface area contributed by atoms with Crippen molar-refractivity contribution in [3.63, 3.8) is 0 Å². The zero-order valence-corrected chi connectivity index (χ0v) is 29.2. The largest absolute Gasteiger partial charge is 0.490 e. The first-order chi connectivity index (χ1) is 25.6. The summed E-state index contributed by atoms with van der Waals surface area (Å²) in [5.41, 5.74) is 27.5. The van der Waals surface area contributed by atoms with Gasteiger partial charge >= 0.3 is 0 Å². The Labute approximate surface area is 302 Å². The van der Waals surface area contributed by atoms with Crippen molar-refractivity contribution in [1.29, 1.82) is 0 Å². The van der Waals surface area contributed by atoms with Crippen LogP contribution in [0, 0.1) is 0 Å². The van der Waals surface area contributed by atoms with Crippen LogP contribution in [0.1, 0.15) is 25.7 Å². The quantitative estimate of drug-likeness (QED) is 0.0824. The van der Waals surface area contributed by atoms with Crippen molar-refractivity contribution < 1.29 is 18.9 Å². The highest BCUT2D eigenvalue weighted by Gasteiger charge is 2.14. The highest BCUT2D eigenvalue weighted by molar-refractivity contribution is 5.90. The Kier molecular flexibility index (Phi) is 12.6. The van der Waals surface area contributed by atoms with Crippen LogP contribution < -0.4 is 41.9 Å². The second-order valence-corrected chi connectivity index (χ2v) is 12.1. The third kappa shape index (κ3) is 9.03. The van der Waals surface area contributed by atoms with Gasteiger partial charge < -0.3 is 41.9 Å². The molecule has 0 aliphatic rings. The summed E-state index contributed by atoms with van der Waals surface area (Å²) in [5, 5.41) is 19.9. The van der Waals surface area contributed by atoms with Crippen LogP contribution in [0.3, 0.4) is 0 Å². The van der Waals surface area contributed by atoms with Gasteiger partial charge in [-0.1, -0.05) is 34.7 Å². The number of ether oxygens (including phenoxy) is 4. The highest BCUT2D eigenvalue weighted by Crippen LogP contribution is 2.33. The van der Waals surface area contributed by atoms with Crippen molar-refractivity contribution >= 4 is 10.8 Å². The molecule has 0 saturated heterocycles. The molecule has 0 bridgehead atoms. The van der Waals surface area contributed by atoms with E-state index in [4.69, 9.17) is 41.9 Å². The predicted octanol–water partition coefficient (Wildman–Crippen LogP) is 4.25. The molecule has 52 heavy (non-hydrogen) atoms. The van der Waals surface area contributed by atoms with E-state index < -0.39 is 0 Å². The molecule has 0 atom stereocenters. The fourth-order valence-electron chi connectivity index (χ4n) is 5.41. The van der Waals surface area contributed by atoms with Gasteiger partial charge in [0, 0.05) is 23.3 Å². The maximum Gasteiger partial charge on any atom is 0.163 e. The van der Waals surface area contributed by atoms with Gasteiger partial charge in [-0.3, -0.25) is 0 Å². The van der Waals surface area contributed by atoms with Gasteiger partial charge in [0.15, 0.2) is 23.0 Å². The lowest BCUT2D eigenvalue weighted by Crippen LogP contribution is -2.09. The van der Waals surface area contributed by atoms with Crippen molar-refractivity contribution in [3.8, 4) is 56.9 Å². The van der Waals surface area contributed by atoms with E-state index in [9.17, 15) is 0 Å². The summed E-state index contributed by atoms with van der Waals surface area (Å²) in [5.74, 6) is 2.55. The Morgan fingerprint density at radius 3 is 1.25 bits per heavy atom. The van der Waals surface area contributed by atoms with Gasteiger partial charge in [0.25, 0.3) is 0 Å². The first-order valence-electron chi connectivity index (χ1n) is 17.6. The second-order valence-electron chi connectivity index (χ2n) is 12.1. The van der Waals surface area contributed by atoms with E-state index in [2.05, 4.69) is 44.9 Å². The van der Waals surface area contributed by atoms with Crippen molar-refractivity contribution in [1.82, 2.24) is 30.0 Å². The lowest BCUT2D eigenvalue weighted by Gasteiger charge is -2.14. The first kappa shape index (κ1) is 36.3. The van der Waals surface area contributed by atoms with E-state index in [0.29, 0.717) is 75.6 Å². The number of fused-ring (bicyclic) bond motifs is 1. The summed E-state index contributed by atoms with van der Waals surface area (Å²) in [4.78, 5) is 0. The van der Waals surface area contributed by atoms with E-state index >= 15 is 0 Å². The van der Waals surface area contributed by atoms with Gasteiger partial charge in [-0.2, -0.15) is 0 Å². The molecule has 6 aromatic rings. The minimum atomic E-state index is 0.481. The molecule has 0 saturated carbocycles. The monoisotopic (exact) mass is 706 g/mol. The molecule has 0 fully saturated rings. The standard InChI is InChI=1S/C38H46N10O4/c39-13-1-17-49-35-11-9-31(23-37(35)51-19-3-15-41)47-25-33(43-45-47)28-7-5-27-6-8-29(22-30(27)21-28)34-26-48(46-44-34)32-10-12-36(50-18-2-14-40)38(24-32)52-20-4-16-42/h5-12,21-26H,1-4,13-20,39-42H2. The van der Waals surface area contributed by atoms with Crippen LogP contribution in [0.5, 0.6) is 23.0 Å². The van der Waals surface area contributed by atoms with Gasteiger partial charge in [0.2, 0.25) is 0 Å². The first-order valence-corrected chi connectivity index (χ1v) is 17.6. The Morgan fingerprint density at radius 1 is 0.442 bits per heavy atom. The summed E-state index contributed by atoms with van der Waals surface area (Å²) >= 11 is 0. The summed E-state index contributed by atoms with van der Waals surface area (Å²) < 4.78 is 27.3. The Morgan fingerprint density at radius 2 is 0.846 bits per heavy atom. The molecule has 0 amide bonds. The lowest BCUT2D eigenvalue weighted by atomic mass is 10.0. The van der Waals surface area contributed by atoms with Crippen molar-refractivity contribution in [2.24, 2.45) is 22.9 Å². The van der Waals surface area contributed by atoms with E-state index in [1.54, 1.807) is 9.36 Å². The molecule has 272 valence electrons. The minimum Gasteiger partial charge on any atom is -0.490 e. The molecular formula is C38H46N10O4. The van der Waals surface area contributed by atoms with Crippen LogP contribution in [-0.4, -0.2) is 82.6 Å². The Hall–Kier alpha value is -5.54. The molecule has 0 radical (unpaired) electrons. The van der Waals surface area contributed by atoms with E-state index in [0.717, 1.165) is 70.3 Å². The van der Waals surface area contributed by atoms with Gasteiger partial charge in [-0.25, -0.2) is 9.36 Å². The smallest absolute Gasteiger partial charge is 0.163 e. The van der Waals surface area contributed by atoms with E-state index in [1.807, 2.05) is 60.9 Å². The van der Waals surface area contributed by atoms with Crippen LogP contribution >= 0.6 is 0 Å². The zero-order valence-electron chi connectivity index (χ0n) is 29.2.